The highest BCUT2D eigenvalue weighted by Crippen LogP contribution is 2.52. The first-order valence-corrected chi connectivity index (χ1v) is 18.8. The number of hydrogen-bond acceptors (Lipinski definition) is 5. The van der Waals surface area contributed by atoms with Gasteiger partial charge in [-0.05, 0) is 88.9 Å². The van der Waals surface area contributed by atoms with Crippen LogP contribution >= 0.6 is 11.6 Å². The van der Waals surface area contributed by atoms with Gasteiger partial charge in [-0.15, -0.1) is 0 Å². The molecule has 1 saturated carbocycles. The Labute approximate surface area is 250 Å². The molecule has 2 heterocycles. The molecule has 0 unspecified atom stereocenters. The number of carbonyl (C=O) groups excluding carboxylic acids is 1. The number of ether oxygens (including phenoxy) is 1. The molecule has 40 heavy (non-hydrogen) atoms. The summed E-state index contributed by atoms with van der Waals surface area (Å²) in [6.45, 7) is 20.5. The lowest BCUT2D eigenvalue weighted by Gasteiger charge is -2.55. The summed E-state index contributed by atoms with van der Waals surface area (Å²) in [5, 5.41) is 11.5. The second kappa shape index (κ2) is 13.2. The zero-order valence-electron chi connectivity index (χ0n) is 26.7. The van der Waals surface area contributed by atoms with Gasteiger partial charge in [0.1, 0.15) is 5.60 Å². The first-order chi connectivity index (χ1) is 18.4. The Morgan fingerprint density at radius 3 is 2.45 bits per heavy atom. The molecule has 0 radical (unpaired) electrons. The lowest BCUT2D eigenvalue weighted by Crippen LogP contribution is -2.61. The molecule has 0 amide bonds. The lowest BCUT2D eigenvalue weighted by atomic mass is 9.70. The number of aliphatic hydroxyl groups is 1. The summed E-state index contributed by atoms with van der Waals surface area (Å²) in [5.41, 5.74) is 0.432. The van der Waals surface area contributed by atoms with Crippen molar-refractivity contribution in [2.24, 2.45) is 11.8 Å². The number of hydrogen-bond donors (Lipinski definition) is 1. The Hall–Kier alpha value is -0.923. The maximum atomic E-state index is 13.0. The minimum absolute atomic E-state index is 0.105. The van der Waals surface area contributed by atoms with Crippen molar-refractivity contribution in [3.63, 3.8) is 0 Å². The molecule has 0 aromatic carbocycles. The van der Waals surface area contributed by atoms with Crippen LogP contribution in [-0.4, -0.2) is 60.7 Å². The Morgan fingerprint density at radius 2 is 1.82 bits per heavy atom. The van der Waals surface area contributed by atoms with Crippen LogP contribution in [0.1, 0.15) is 99.8 Å². The summed E-state index contributed by atoms with van der Waals surface area (Å²) in [6.07, 6.45) is 16.0. The van der Waals surface area contributed by atoms with E-state index in [-0.39, 0.29) is 16.5 Å². The van der Waals surface area contributed by atoms with E-state index in [1.165, 1.54) is 38.5 Å². The fourth-order valence-corrected chi connectivity index (χ4v) is 7.98. The van der Waals surface area contributed by atoms with Gasteiger partial charge in [-0.2, -0.15) is 0 Å². The number of rotatable bonds is 9. The van der Waals surface area contributed by atoms with E-state index >= 15 is 0 Å². The van der Waals surface area contributed by atoms with Crippen molar-refractivity contribution in [3.8, 4) is 0 Å². The Morgan fingerprint density at radius 1 is 1.18 bits per heavy atom. The number of allylic oxidation sites excluding steroid dienone is 1. The summed E-state index contributed by atoms with van der Waals surface area (Å²) in [6, 6.07) is 0.498. The zero-order valence-corrected chi connectivity index (χ0v) is 28.4. The molecule has 7 heteroatoms. The molecule has 228 valence electrons. The minimum Gasteiger partial charge on any atom is -0.457 e. The molecule has 5 atom stereocenters. The Bertz CT molecular complexity index is 976. The number of esters is 1. The van der Waals surface area contributed by atoms with Gasteiger partial charge in [-0.3, -0.25) is 4.90 Å². The average molecular weight is 594 g/mol. The van der Waals surface area contributed by atoms with Crippen LogP contribution in [0.2, 0.25) is 18.1 Å². The average Bonchev–Trinajstić information content (AvgIpc) is 3.24. The molecule has 1 spiro atoms. The van der Waals surface area contributed by atoms with E-state index in [0.717, 1.165) is 12.0 Å². The molecule has 0 bridgehead atoms. The Kier molecular flexibility index (Phi) is 11.0. The van der Waals surface area contributed by atoms with Gasteiger partial charge in [0.15, 0.2) is 8.32 Å². The molecule has 3 aliphatic rings. The topological polar surface area (TPSA) is 59.0 Å². The monoisotopic (exact) mass is 593 g/mol. The smallest absolute Gasteiger partial charge is 0.335 e. The molecular weight excluding hydrogens is 538 g/mol. The van der Waals surface area contributed by atoms with Crippen LogP contribution in [0, 0.1) is 11.8 Å². The van der Waals surface area contributed by atoms with Crippen LogP contribution in [-0.2, 0) is 14.0 Å². The van der Waals surface area contributed by atoms with Crippen LogP contribution in [0.15, 0.2) is 34.9 Å². The highest BCUT2D eigenvalue weighted by Gasteiger charge is 2.53. The summed E-state index contributed by atoms with van der Waals surface area (Å²) in [5.74, 6) is 0.644. The number of carbonyl (C=O) groups is 1. The number of nitrogens with zero attached hydrogens (tertiary/aromatic N) is 1. The first kappa shape index (κ1) is 33.6. The third-order valence-electron chi connectivity index (χ3n) is 9.82. The van der Waals surface area contributed by atoms with Crippen molar-refractivity contribution >= 4 is 25.9 Å². The van der Waals surface area contributed by atoms with Crippen molar-refractivity contribution < 1.29 is 19.1 Å². The van der Waals surface area contributed by atoms with Gasteiger partial charge in [0.25, 0.3) is 0 Å². The van der Waals surface area contributed by atoms with Crippen molar-refractivity contribution in [1.29, 1.82) is 0 Å². The van der Waals surface area contributed by atoms with Crippen molar-refractivity contribution in [3.05, 3.63) is 34.9 Å². The quantitative estimate of drug-likeness (QED) is 0.166. The second-order valence-electron chi connectivity index (χ2n) is 15.0. The molecule has 1 saturated heterocycles. The molecular formula is C33H56ClNO4Si. The van der Waals surface area contributed by atoms with E-state index in [0.29, 0.717) is 42.5 Å². The molecule has 1 aliphatic carbocycles. The highest BCUT2D eigenvalue weighted by molar-refractivity contribution is 6.74. The van der Waals surface area contributed by atoms with Crippen LogP contribution in [0.25, 0.3) is 0 Å². The predicted molar refractivity (Wildman–Crippen MR) is 169 cm³/mol. The number of fused-ring (bicyclic) bond motifs is 2. The number of piperidine rings is 1. The van der Waals surface area contributed by atoms with E-state index in [4.69, 9.17) is 20.8 Å². The molecule has 3 rings (SSSR count). The van der Waals surface area contributed by atoms with Crippen LogP contribution < -0.4 is 0 Å². The fourth-order valence-electron chi connectivity index (χ4n) is 6.73. The predicted octanol–water partition coefficient (Wildman–Crippen LogP) is 8.14. The summed E-state index contributed by atoms with van der Waals surface area (Å²) < 4.78 is 12.0. The first-order valence-electron chi connectivity index (χ1n) is 15.5. The lowest BCUT2D eigenvalue weighted by molar-refractivity contribution is -0.151. The van der Waals surface area contributed by atoms with Gasteiger partial charge in [-0.1, -0.05) is 70.4 Å². The van der Waals surface area contributed by atoms with Gasteiger partial charge < -0.3 is 14.3 Å². The fraction of sp³-hybridized carbons (Fsp3) is 0.788. The van der Waals surface area contributed by atoms with Gasteiger partial charge in [0, 0.05) is 41.8 Å². The standard InChI is InChI=1S/C33H56ClNO4Si/c1-24(14-17-28(36)22-26(34)18-21-38-40(8,9)32(5,6)7)29-13-11-20-33(29)19-10-12-27-16-15-25(23-35(27)33)30(37)39-31(2,3)4/h14-15,17,22,24,27-29,36H,10-13,16,18-21,23H2,1-9H3/b17-14+,26-22-/t24-,27+,28+,29+,33+/m0/s1. The minimum atomic E-state index is -1.81. The third kappa shape index (κ3) is 8.34. The van der Waals surface area contributed by atoms with Gasteiger partial charge in [-0.25, -0.2) is 4.79 Å². The van der Waals surface area contributed by atoms with E-state index < -0.39 is 20.0 Å². The van der Waals surface area contributed by atoms with Crippen LogP contribution in [0.4, 0.5) is 0 Å². The maximum Gasteiger partial charge on any atom is 0.335 e. The maximum absolute atomic E-state index is 13.0. The summed E-state index contributed by atoms with van der Waals surface area (Å²) in [4.78, 5) is 15.6. The van der Waals surface area contributed by atoms with Gasteiger partial charge in [0.2, 0.25) is 0 Å². The number of halogens is 1. The van der Waals surface area contributed by atoms with E-state index in [1.807, 2.05) is 26.8 Å². The largest absolute Gasteiger partial charge is 0.457 e. The third-order valence-corrected chi connectivity index (χ3v) is 14.7. The van der Waals surface area contributed by atoms with Crippen LogP contribution in [0.5, 0.6) is 0 Å². The number of aliphatic hydroxyl groups excluding tert-OH is 1. The molecule has 0 aromatic heterocycles. The summed E-state index contributed by atoms with van der Waals surface area (Å²) in [7, 11) is -1.81. The van der Waals surface area contributed by atoms with Crippen molar-refractivity contribution in [2.75, 3.05) is 13.2 Å². The normalized spacial score (nSPS) is 28.5. The highest BCUT2D eigenvalue weighted by atomic mass is 35.5. The SMILES string of the molecule is C[C@@H](/C=C/[C@@H](O)/C=C(\Cl)CCO[Si](C)(C)C(C)(C)C)[C@H]1CCC[C@]12CCC[C@@H]1CC=C(C(=O)OC(C)(C)C)CN12. The molecule has 0 aromatic rings. The second-order valence-corrected chi connectivity index (χ2v) is 20.2. The van der Waals surface area contributed by atoms with E-state index in [2.05, 4.69) is 57.8 Å². The van der Waals surface area contributed by atoms with Gasteiger partial charge in [0.05, 0.1) is 6.10 Å². The van der Waals surface area contributed by atoms with Crippen molar-refractivity contribution in [1.82, 2.24) is 4.90 Å². The molecule has 2 aliphatic heterocycles. The van der Waals surface area contributed by atoms with E-state index in [1.54, 1.807) is 6.08 Å². The summed E-state index contributed by atoms with van der Waals surface area (Å²) >= 11 is 6.49. The van der Waals surface area contributed by atoms with E-state index in [9.17, 15) is 9.90 Å². The molecule has 2 fully saturated rings. The van der Waals surface area contributed by atoms with Gasteiger partial charge >= 0.3 is 5.97 Å². The molecule has 1 N–H and O–H groups in total. The van der Waals surface area contributed by atoms with Crippen LogP contribution in [0.3, 0.4) is 0 Å². The Balaban J connectivity index is 1.64. The molecule has 5 nitrogen and oxygen atoms in total. The van der Waals surface area contributed by atoms with Crippen molar-refractivity contribution in [2.45, 2.75) is 141 Å². The zero-order chi connectivity index (χ0) is 29.9.